The Labute approximate surface area is 121 Å². The number of amides is 4. The third-order valence-corrected chi connectivity index (χ3v) is 3.25. The quantitative estimate of drug-likeness (QED) is 0.708. The van der Waals surface area contributed by atoms with Gasteiger partial charge in [-0.3, -0.25) is 24.1 Å². The first-order valence-corrected chi connectivity index (χ1v) is 6.79. The highest BCUT2D eigenvalue weighted by molar-refractivity contribution is 8.14. The summed E-state index contributed by atoms with van der Waals surface area (Å²) < 4.78 is 35.5. The van der Waals surface area contributed by atoms with Crippen LogP contribution in [0.4, 0.5) is 18.0 Å². The smallest absolute Gasteiger partial charge is 0.354 e. The number of hydrogen-bond acceptors (Lipinski definition) is 5. The highest BCUT2D eigenvalue weighted by Gasteiger charge is 2.38. The van der Waals surface area contributed by atoms with Crippen LogP contribution in [0.25, 0.3) is 0 Å². The molecule has 0 radical (unpaired) electrons. The van der Waals surface area contributed by atoms with E-state index >= 15 is 0 Å². The minimum atomic E-state index is -4.98. The van der Waals surface area contributed by atoms with Crippen molar-refractivity contribution >= 4 is 34.7 Å². The molecule has 4 amide bonds. The summed E-state index contributed by atoms with van der Waals surface area (Å²) in [4.78, 5) is 45.1. The molecule has 0 saturated carbocycles. The summed E-state index contributed by atoms with van der Waals surface area (Å²) in [7, 11) is 0. The van der Waals surface area contributed by atoms with E-state index in [0.717, 1.165) is 16.7 Å². The topological polar surface area (TPSA) is 95.6 Å². The SMILES string of the molecule is O=C(CCNC(=O)C(F)(F)F)NCCN1C(=O)CSC1=O. The fraction of sp³-hybridized carbons (Fsp3) is 0.600. The molecule has 11 heteroatoms. The predicted octanol–water partition coefficient (Wildman–Crippen LogP) is -0.133. The van der Waals surface area contributed by atoms with Crippen LogP contribution in [0.1, 0.15) is 6.42 Å². The number of carbonyl (C=O) groups excluding carboxylic acids is 4. The van der Waals surface area contributed by atoms with Gasteiger partial charge in [0.25, 0.3) is 5.24 Å². The summed E-state index contributed by atoms with van der Waals surface area (Å²) in [6.07, 6.45) is -5.32. The molecule has 1 aliphatic heterocycles. The van der Waals surface area contributed by atoms with Crippen LogP contribution in [-0.2, 0) is 14.4 Å². The van der Waals surface area contributed by atoms with Crippen molar-refractivity contribution in [2.24, 2.45) is 0 Å². The second-order valence-electron chi connectivity index (χ2n) is 3.95. The summed E-state index contributed by atoms with van der Waals surface area (Å²) in [5.41, 5.74) is 0. The van der Waals surface area contributed by atoms with Gasteiger partial charge in [-0.05, 0) is 0 Å². The number of rotatable bonds is 6. The summed E-state index contributed by atoms with van der Waals surface area (Å²) in [6, 6.07) is 0. The van der Waals surface area contributed by atoms with Crippen molar-refractivity contribution in [1.29, 1.82) is 0 Å². The van der Waals surface area contributed by atoms with Crippen molar-refractivity contribution < 1.29 is 32.3 Å². The maximum atomic E-state index is 11.8. The van der Waals surface area contributed by atoms with Gasteiger partial charge >= 0.3 is 12.1 Å². The molecule has 0 aromatic rings. The predicted molar refractivity (Wildman–Crippen MR) is 66.3 cm³/mol. The Hall–Kier alpha value is -1.78. The van der Waals surface area contributed by atoms with E-state index < -0.39 is 29.8 Å². The van der Waals surface area contributed by atoms with E-state index in [0.29, 0.717) is 0 Å². The number of nitrogens with one attached hydrogen (secondary N) is 2. The van der Waals surface area contributed by atoms with E-state index in [1.165, 1.54) is 0 Å². The molecule has 1 heterocycles. The molecule has 118 valence electrons. The maximum Gasteiger partial charge on any atom is 0.471 e. The number of imide groups is 1. The Morgan fingerprint density at radius 3 is 2.38 bits per heavy atom. The Morgan fingerprint density at radius 2 is 1.86 bits per heavy atom. The second-order valence-corrected chi connectivity index (χ2v) is 4.88. The third-order valence-electron chi connectivity index (χ3n) is 2.39. The summed E-state index contributed by atoms with van der Waals surface area (Å²) in [5, 5.41) is 3.49. The van der Waals surface area contributed by atoms with Gasteiger partial charge in [0.15, 0.2) is 0 Å². The van der Waals surface area contributed by atoms with Crippen molar-refractivity contribution in [3.63, 3.8) is 0 Å². The van der Waals surface area contributed by atoms with Crippen LogP contribution in [0, 0.1) is 0 Å². The van der Waals surface area contributed by atoms with Crippen LogP contribution < -0.4 is 10.6 Å². The van der Waals surface area contributed by atoms with Gasteiger partial charge in [-0.1, -0.05) is 11.8 Å². The van der Waals surface area contributed by atoms with Crippen LogP contribution in [0.15, 0.2) is 0 Å². The largest absolute Gasteiger partial charge is 0.471 e. The van der Waals surface area contributed by atoms with Crippen molar-refractivity contribution in [3.8, 4) is 0 Å². The molecule has 0 spiro atoms. The fourth-order valence-electron chi connectivity index (χ4n) is 1.38. The summed E-state index contributed by atoms with van der Waals surface area (Å²) in [5.74, 6) is -2.99. The van der Waals surface area contributed by atoms with Crippen LogP contribution in [0.2, 0.25) is 0 Å². The first-order chi connectivity index (χ1) is 9.71. The lowest BCUT2D eigenvalue weighted by Gasteiger charge is -2.13. The van der Waals surface area contributed by atoms with Crippen LogP contribution in [-0.4, -0.2) is 59.4 Å². The van der Waals surface area contributed by atoms with Crippen molar-refractivity contribution in [2.75, 3.05) is 25.4 Å². The normalized spacial score (nSPS) is 15.3. The average molecular weight is 327 g/mol. The van der Waals surface area contributed by atoms with Gasteiger partial charge in [0.1, 0.15) is 0 Å². The Balaban J connectivity index is 2.16. The summed E-state index contributed by atoms with van der Waals surface area (Å²) >= 11 is 0.862. The van der Waals surface area contributed by atoms with E-state index in [1.807, 2.05) is 0 Å². The molecule has 1 rings (SSSR count). The molecule has 2 N–H and O–H groups in total. The van der Waals surface area contributed by atoms with E-state index in [9.17, 15) is 32.3 Å². The monoisotopic (exact) mass is 327 g/mol. The minimum absolute atomic E-state index is 0.00406. The van der Waals surface area contributed by atoms with E-state index in [1.54, 1.807) is 5.32 Å². The first-order valence-electron chi connectivity index (χ1n) is 5.80. The van der Waals surface area contributed by atoms with E-state index in [-0.39, 0.29) is 31.2 Å². The van der Waals surface area contributed by atoms with Gasteiger partial charge in [-0.2, -0.15) is 13.2 Å². The third kappa shape index (κ3) is 5.61. The summed E-state index contributed by atoms with van der Waals surface area (Å²) in [6.45, 7) is -0.447. The Kier molecular flexibility index (Phi) is 6.00. The van der Waals surface area contributed by atoms with Crippen LogP contribution in [0.3, 0.4) is 0 Å². The molecule has 7 nitrogen and oxygen atoms in total. The highest BCUT2D eigenvalue weighted by Crippen LogP contribution is 2.17. The van der Waals surface area contributed by atoms with Gasteiger partial charge in [0.05, 0.1) is 5.75 Å². The van der Waals surface area contributed by atoms with E-state index in [4.69, 9.17) is 0 Å². The van der Waals surface area contributed by atoms with Crippen molar-refractivity contribution in [1.82, 2.24) is 15.5 Å². The molecule has 1 saturated heterocycles. The molecule has 0 bridgehead atoms. The molecule has 0 aromatic heterocycles. The van der Waals surface area contributed by atoms with Gasteiger partial charge in [-0.15, -0.1) is 0 Å². The van der Waals surface area contributed by atoms with Gasteiger partial charge in [0.2, 0.25) is 11.8 Å². The van der Waals surface area contributed by atoms with Gasteiger partial charge in [0, 0.05) is 26.1 Å². The maximum absolute atomic E-state index is 11.8. The number of nitrogens with zero attached hydrogens (tertiary/aromatic N) is 1. The zero-order valence-electron chi connectivity index (χ0n) is 10.7. The number of halogens is 3. The molecular formula is C10H12F3N3O4S. The molecule has 1 aliphatic rings. The van der Waals surface area contributed by atoms with E-state index in [2.05, 4.69) is 5.32 Å². The van der Waals surface area contributed by atoms with Crippen LogP contribution in [0.5, 0.6) is 0 Å². The molecule has 0 atom stereocenters. The molecule has 0 aromatic carbocycles. The molecule has 0 aliphatic carbocycles. The first kappa shape index (κ1) is 17.3. The average Bonchev–Trinajstić information content (AvgIpc) is 2.69. The molecular weight excluding hydrogens is 315 g/mol. The number of alkyl halides is 3. The van der Waals surface area contributed by atoms with Crippen LogP contribution >= 0.6 is 11.8 Å². The lowest BCUT2D eigenvalue weighted by atomic mass is 10.3. The lowest BCUT2D eigenvalue weighted by Crippen LogP contribution is -2.40. The molecule has 21 heavy (non-hydrogen) atoms. The van der Waals surface area contributed by atoms with Gasteiger partial charge in [-0.25, -0.2) is 0 Å². The zero-order valence-corrected chi connectivity index (χ0v) is 11.5. The Morgan fingerprint density at radius 1 is 1.19 bits per heavy atom. The number of hydrogen-bond donors (Lipinski definition) is 2. The number of thioether (sulfide) groups is 1. The lowest BCUT2D eigenvalue weighted by molar-refractivity contribution is -0.173. The fourth-order valence-corrected chi connectivity index (χ4v) is 2.13. The zero-order chi connectivity index (χ0) is 16.0. The second kappa shape index (κ2) is 7.29. The molecule has 1 fully saturated rings. The number of carbonyl (C=O) groups is 4. The highest BCUT2D eigenvalue weighted by atomic mass is 32.2. The van der Waals surface area contributed by atoms with Crippen molar-refractivity contribution in [2.45, 2.75) is 12.6 Å². The molecule has 0 unspecified atom stereocenters. The van der Waals surface area contributed by atoms with Crippen molar-refractivity contribution in [3.05, 3.63) is 0 Å². The van der Waals surface area contributed by atoms with Gasteiger partial charge < -0.3 is 10.6 Å². The Bertz CT molecular complexity index is 439. The minimum Gasteiger partial charge on any atom is -0.354 e. The standard InChI is InChI=1S/C10H12F3N3O4S/c11-10(12,13)8(19)15-2-1-6(17)14-3-4-16-7(18)5-21-9(16)20/h1-5H2,(H,14,17)(H,15,19).